The lowest BCUT2D eigenvalue weighted by Gasteiger charge is -2.34. The fourth-order valence-electron chi connectivity index (χ4n) is 2.76. The molecule has 0 bridgehead atoms. The molecule has 1 aliphatic heterocycles. The summed E-state index contributed by atoms with van der Waals surface area (Å²) in [6.45, 7) is 9.58. The molecule has 0 aromatic heterocycles. The van der Waals surface area contributed by atoms with E-state index in [0.717, 1.165) is 6.54 Å². The summed E-state index contributed by atoms with van der Waals surface area (Å²) in [4.78, 5) is 0. The average Bonchev–Trinajstić information content (AvgIpc) is 2.76. The lowest BCUT2D eigenvalue weighted by molar-refractivity contribution is 0.375. The first kappa shape index (κ1) is 15.1. The number of thioether (sulfide) groups is 1. The molecule has 1 aliphatic rings. The van der Waals surface area contributed by atoms with Gasteiger partial charge in [0.1, 0.15) is 0 Å². The van der Waals surface area contributed by atoms with Gasteiger partial charge >= 0.3 is 0 Å². The number of unbranched alkanes of at least 4 members (excludes halogenated alkanes) is 3. The van der Waals surface area contributed by atoms with Crippen LogP contribution in [0.4, 0.5) is 0 Å². The molecule has 2 unspecified atom stereocenters. The van der Waals surface area contributed by atoms with Crippen LogP contribution in [0.5, 0.6) is 0 Å². The fraction of sp³-hybridized carbons (Fsp3) is 0.867. The second kappa shape index (κ2) is 8.20. The predicted molar refractivity (Wildman–Crippen MR) is 80.8 cm³/mol. The average molecular weight is 255 g/mol. The highest BCUT2D eigenvalue weighted by Gasteiger charge is 2.36. The van der Waals surface area contributed by atoms with Gasteiger partial charge in [0, 0.05) is 10.8 Å². The van der Waals surface area contributed by atoms with Crippen LogP contribution in [-0.2, 0) is 0 Å². The summed E-state index contributed by atoms with van der Waals surface area (Å²) in [5, 5.41) is 3.71. The van der Waals surface area contributed by atoms with Crippen LogP contribution in [-0.4, -0.2) is 23.1 Å². The molecule has 0 aromatic carbocycles. The van der Waals surface area contributed by atoms with E-state index in [0.29, 0.717) is 10.8 Å². The van der Waals surface area contributed by atoms with Crippen molar-refractivity contribution in [2.75, 3.05) is 12.3 Å². The van der Waals surface area contributed by atoms with E-state index in [1.165, 1.54) is 50.7 Å². The minimum Gasteiger partial charge on any atom is -0.313 e. The molecule has 1 heterocycles. The SMILES string of the molecule is C=CCCCCCC(NCC)C1(C)CCCS1. The maximum Gasteiger partial charge on any atom is 0.0285 e. The Bertz CT molecular complexity index is 209. The molecule has 1 saturated heterocycles. The zero-order chi connectivity index (χ0) is 12.6. The lowest BCUT2D eigenvalue weighted by Crippen LogP contribution is -2.45. The summed E-state index contributed by atoms with van der Waals surface area (Å²) in [5.74, 6) is 1.36. The van der Waals surface area contributed by atoms with Crippen LogP contribution in [0.15, 0.2) is 12.7 Å². The molecule has 0 spiro atoms. The standard InChI is InChI=1S/C15H29NS/c1-4-6-7-8-9-11-14(16-5-2)15(3)12-10-13-17-15/h4,14,16H,1,5-13H2,2-3H3. The molecule has 100 valence electrons. The molecule has 0 radical (unpaired) electrons. The van der Waals surface area contributed by atoms with E-state index in [1.54, 1.807) is 0 Å². The van der Waals surface area contributed by atoms with Crippen molar-refractivity contribution < 1.29 is 0 Å². The second-order valence-electron chi connectivity index (χ2n) is 5.30. The third-order valence-corrected chi connectivity index (χ3v) is 5.48. The topological polar surface area (TPSA) is 12.0 Å². The van der Waals surface area contributed by atoms with Gasteiger partial charge in [-0.25, -0.2) is 0 Å². The molecule has 0 aromatic rings. The molecule has 0 amide bonds. The first-order valence-electron chi connectivity index (χ1n) is 7.21. The zero-order valence-corrected chi connectivity index (χ0v) is 12.5. The van der Waals surface area contributed by atoms with E-state index in [2.05, 4.69) is 37.5 Å². The highest BCUT2D eigenvalue weighted by atomic mass is 32.2. The predicted octanol–water partition coefficient (Wildman–Crippen LogP) is 4.39. The normalized spacial score (nSPS) is 26.0. The summed E-state index contributed by atoms with van der Waals surface area (Å²) in [6, 6.07) is 0.712. The van der Waals surface area contributed by atoms with E-state index >= 15 is 0 Å². The molecule has 2 heteroatoms. The van der Waals surface area contributed by atoms with Crippen molar-refractivity contribution in [2.45, 2.75) is 69.6 Å². The van der Waals surface area contributed by atoms with E-state index < -0.39 is 0 Å². The first-order chi connectivity index (χ1) is 8.23. The van der Waals surface area contributed by atoms with Gasteiger partial charge in [-0.3, -0.25) is 0 Å². The Hall–Kier alpha value is 0.0500. The molecule has 2 atom stereocenters. The Morgan fingerprint density at radius 1 is 1.41 bits per heavy atom. The van der Waals surface area contributed by atoms with Gasteiger partial charge in [-0.1, -0.05) is 25.8 Å². The summed E-state index contributed by atoms with van der Waals surface area (Å²) < 4.78 is 0.494. The molecular formula is C15H29NS. The van der Waals surface area contributed by atoms with Gasteiger partial charge in [0.25, 0.3) is 0 Å². The van der Waals surface area contributed by atoms with Crippen LogP contribution in [0.2, 0.25) is 0 Å². The Morgan fingerprint density at radius 2 is 2.24 bits per heavy atom. The van der Waals surface area contributed by atoms with Gasteiger partial charge in [0.05, 0.1) is 0 Å². The number of hydrogen-bond donors (Lipinski definition) is 1. The monoisotopic (exact) mass is 255 g/mol. The zero-order valence-electron chi connectivity index (χ0n) is 11.6. The molecule has 0 saturated carbocycles. The molecule has 1 N–H and O–H groups in total. The van der Waals surface area contributed by atoms with Crippen molar-refractivity contribution in [1.82, 2.24) is 5.32 Å². The van der Waals surface area contributed by atoms with Crippen LogP contribution in [0.3, 0.4) is 0 Å². The van der Waals surface area contributed by atoms with Crippen LogP contribution < -0.4 is 5.32 Å². The number of hydrogen-bond acceptors (Lipinski definition) is 2. The molecular weight excluding hydrogens is 226 g/mol. The minimum atomic E-state index is 0.494. The summed E-state index contributed by atoms with van der Waals surface area (Å²) in [5.41, 5.74) is 0. The lowest BCUT2D eigenvalue weighted by atomic mass is 9.91. The van der Waals surface area contributed by atoms with Crippen LogP contribution in [0.1, 0.15) is 58.8 Å². The Kier molecular flexibility index (Phi) is 7.29. The van der Waals surface area contributed by atoms with Crippen molar-refractivity contribution in [3.05, 3.63) is 12.7 Å². The molecule has 1 rings (SSSR count). The third-order valence-electron chi connectivity index (χ3n) is 3.84. The summed E-state index contributed by atoms with van der Waals surface area (Å²) in [7, 11) is 0. The van der Waals surface area contributed by atoms with Crippen LogP contribution in [0, 0.1) is 0 Å². The third kappa shape index (κ3) is 5.05. The van der Waals surface area contributed by atoms with E-state index in [4.69, 9.17) is 0 Å². The smallest absolute Gasteiger partial charge is 0.0285 e. The van der Waals surface area contributed by atoms with Crippen molar-refractivity contribution in [2.24, 2.45) is 0 Å². The van der Waals surface area contributed by atoms with E-state index in [9.17, 15) is 0 Å². The quantitative estimate of drug-likeness (QED) is 0.484. The van der Waals surface area contributed by atoms with Gasteiger partial charge in [-0.15, -0.1) is 6.58 Å². The molecule has 1 fully saturated rings. The van der Waals surface area contributed by atoms with Gasteiger partial charge < -0.3 is 5.32 Å². The van der Waals surface area contributed by atoms with Gasteiger partial charge in [0.15, 0.2) is 0 Å². The summed E-state index contributed by atoms with van der Waals surface area (Å²) >= 11 is 2.18. The highest BCUT2D eigenvalue weighted by Crippen LogP contribution is 2.41. The number of nitrogens with one attached hydrogen (secondary N) is 1. The fourth-order valence-corrected chi connectivity index (χ4v) is 4.21. The largest absolute Gasteiger partial charge is 0.313 e. The van der Waals surface area contributed by atoms with Crippen molar-refractivity contribution in [3.8, 4) is 0 Å². The first-order valence-corrected chi connectivity index (χ1v) is 8.19. The van der Waals surface area contributed by atoms with Crippen LogP contribution in [0.25, 0.3) is 0 Å². The Labute approximate surface area is 112 Å². The minimum absolute atomic E-state index is 0.494. The maximum atomic E-state index is 3.78. The van der Waals surface area contributed by atoms with Crippen molar-refractivity contribution in [1.29, 1.82) is 0 Å². The highest BCUT2D eigenvalue weighted by molar-refractivity contribution is 8.00. The Balaban J connectivity index is 2.29. The van der Waals surface area contributed by atoms with Gasteiger partial charge in [-0.05, 0) is 51.3 Å². The Morgan fingerprint density at radius 3 is 2.82 bits per heavy atom. The van der Waals surface area contributed by atoms with E-state index in [-0.39, 0.29) is 0 Å². The maximum absolute atomic E-state index is 3.78. The molecule has 17 heavy (non-hydrogen) atoms. The van der Waals surface area contributed by atoms with Gasteiger partial charge in [-0.2, -0.15) is 11.8 Å². The van der Waals surface area contributed by atoms with Crippen molar-refractivity contribution in [3.63, 3.8) is 0 Å². The number of allylic oxidation sites excluding steroid dienone is 1. The van der Waals surface area contributed by atoms with Crippen LogP contribution >= 0.6 is 11.8 Å². The molecule has 0 aliphatic carbocycles. The number of rotatable bonds is 9. The van der Waals surface area contributed by atoms with Gasteiger partial charge in [0.2, 0.25) is 0 Å². The second-order valence-corrected chi connectivity index (χ2v) is 6.93. The van der Waals surface area contributed by atoms with Crippen molar-refractivity contribution >= 4 is 11.8 Å². The molecule has 1 nitrogen and oxygen atoms in total. The van der Waals surface area contributed by atoms with E-state index in [1.807, 2.05) is 6.08 Å². The summed E-state index contributed by atoms with van der Waals surface area (Å²) in [6.07, 6.45) is 11.4.